The molecule has 0 saturated carbocycles. The fourth-order valence-electron chi connectivity index (χ4n) is 7.61. The zero-order valence-electron chi connectivity index (χ0n) is 26.5. The molecule has 5 aromatic carbocycles. The largest absolute Gasteiger partial charge is 1.00 e. The van der Waals surface area contributed by atoms with Crippen LogP contribution in [-0.4, -0.2) is 5.43 Å². The van der Waals surface area contributed by atoms with E-state index in [-0.39, 0.29) is 24.8 Å². The third-order valence-corrected chi connectivity index (χ3v) is 29.2. The van der Waals surface area contributed by atoms with Gasteiger partial charge in [0.05, 0.1) is 0 Å². The molecule has 0 aliphatic heterocycles. The van der Waals surface area contributed by atoms with Crippen molar-refractivity contribution in [2.45, 2.75) is 34.2 Å². The average molecular weight is 721 g/mol. The Bertz CT molecular complexity index is 1950. The SMILES string of the molecule is CC1=[C]([Zr+2]([C]2=C(C)C(c3cccc4ccccc34)=CC2C)=[Si](C)c2ccccc2)C(C)C=C1c1cccc2ccccc12.[Cl-].[Cl-]. The van der Waals surface area contributed by atoms with Gasteiger partial charge in [-0.3, -0.25) is 0 Å². The van der Waals surface area contributed by atoms with E-state index in [0.29, 0.717) is 11.8 Å². The normalized spacial score (nSPS) is 17.4. The van der Waals surface area contributed by atoms with Crippen molar-refractivity contribution in [1.82, 2.24) is 0 Å². The van der Waals surface area contributed by atoms with Gasteiger partial charge in [-0.2, -0.15) is 0 Å². The van der Waals surface area contributed by atoms with Crippen molar-refractivity contribution < 1.29 is 45.2 Å². The van der Waals surface area contributed by atoms with E-state index >= 15 is 0 Å². The van der Waals surface area contributed by atoms with Crippen LogP contribution < -0.4 is 30.0 Å². The Hall–Kier alpha value is -2.74. The number of allylic oxidation sites excluding steroid dienone is 8. The molecule has 2 aliphatic rings. The smallest absolute Gasteiger partial charge is 1.00 e. The molecule has 4 heteroatoms. The van der Waals surface area contributed by atoms with Gasteiger partial charge in [0.2, 0.25) is 0 Å². The van der Waals surface area contributed by atoms with Gasteiger partial charge < -0.3 is 24.8 Å². The molecule has 0 N–H and O–H groups in total. The van der Waals surface area contributed by atoms with E-state index in [1.165, 1.54) is 43.8 Å². The maximum absolute atomic E-state index is 2.64. The number of fused-ring (bicyclic) bond motifs is 2. The molecule has 2 aliphatic carbocycles. The molecule has 0 aromatic heterocycles. The fraction of sp³-hybridized carbons (Fsp3) is 0.171. The van der Waals surface area contributed by atoms with E-state index in [0.717, 1.165) is 0 Å². The summed E-state index contributed by atoms with van der Waals surface area (Å²) in [6, 6.07) is 42.9. The molecule has 2 unspecified atom stereocenters. The quantitative estimate of drug-likeness (QED) is 0.236. The second-order valence-electron chi connectivity index (χ2n) is 12.2. The Kier molecular flexibility index (Phi) is 10.4. The summed E-state index contributed by atoms with van der Waals surface area (Å²) in [5, 5.41) is 6.97. The summed E-state index contributed by atoms with van der Waals surface area (Å²) >= 11 is -2.41. The first-order chi connectivity index (χ1) is 20.9. The summed E-state index contributed by atoms with van der Waals surface area (Å²) in [4.78, 5) is 0. The van der Waals surface area contributed by atoms with E-state index in [9.17, 15) is 0 Å². The zero-order valence-corrected chi connectivity index (χ0v) is 31.5. The second-order valence-corrected chi connectivity index (χ2v) is 27.0. The summed E-state index contributed by atoms with van der Waals surface area (Å²) in [5.41, 5.74) is 8.05. The van der Waals surface area contributed by atoms with Crippen LogP contribution in [0.25, 0.3) is 32.7 Å². The van der Waals surface area contributed by atoms with Gasteiger partial charge in [0, 0.05) is 0 Å². The molecule has 0 fully saturated rings. The Balaban J connectivity index is 0.00000200. The van der Waals surface area contributed by atoms with Crippen LogP contribution >= 0.6 is 0 Å². The molecule has 0 nitrogen and oxygen atoms in total. The molecular formula is C41H38Cl2SiZr. The number of benzene rings is 5. The third kappa shape index (κ3) is 5.96. The molecule has 0 bridgehead atoms. The van der Waals surface area contributed by atoms with Gasteiger partial charge in [0.25, 0.3) is 0 Å². The minimum atomic E-state index is -2.41. The molecule has 0 spiro atoms. The van der Waals surface area contributed by atoms with Crippen LogP contribution in [0.15, 0.2) is 145 Å². The molecule has 224 valence electrons. The summed E-state index contributed by atoms with van der Waals surface area (Å²) in [5.74, 6) is 0.947. The van der Waals surface area contributed by atoms with Crippen molar-refractivity contribution in [2.75, 3.05) is 0 Å². The molecule has 7 rings (SSSR count). The first-order valence-electron chi connectivity index (χ1n) is 15.5. The van der Waals surface area contributed by atoms with Crippen molar-refractivity contribution in [3.8, 4) is 0 Å². The van der Waals surface area contributed by atoms with Crippen LogP contribution in [0.3, 0.4) is 0 Å². The van der Waals surface area contributed by atoms with Crippen molar-refractivity contribution in [3.63, 3.8) is 0 Å². The van der Waals surface area contributed by atoms with Crippen LogP contribution in [0.2, 0.25) is 6.55 Å². The minimum Gasteiger partial charge on any atom is -1.00 e. The van der Waals surface area contributed by atoms with E-state index in [4.69, 9.17) is 0 Å². The van der Waals surface area contributed by atoms with E-state index < -0.39 is 25.8 Å². The molecule has 0 amide bonds. The predicted octanol–water partition coefficient (Wildman–Crippen LogP) is 4.46. The Morgan fingerprint density at radius 3 is 1.38 bits per heavy atom. The molecular weight excluding hydrogens is 683 g/mol. The predicted molar refractivity (Wildman–Crippen MR) is 185 cm³/mol. The van der Waals surface area contributed by atoms with Gasteiger partial charge in [-0.15, -0.1) is 0 Å². The average Bonchev–Trinajstić information content (AvgIpc) is 3.50. The Morgan fingerprint density at radius 2 is 0.911 bits per heavy atom. The topological polar surface area (TPSA) is 0 Å². The summed E-state index contributed by atoms with van der Waals surface area (Å²) in [7, 11) is 0. The number of halogens is 2. The van der Waals surface area contributed by atoms with Crippen LogP contribution in [0.5, 0.6) is 0 Å². The summed E-state index contributed by atoms with van der Waals surface area (Å²) < 4.78 is 3.64. The molecule has 0 heterocycles. The van der Waals surface area contributed by atoms with Crippen LogP contribution in [0.4, 0.5) is 0 Å². The first-order valence-corrected chi connectivity index (χ1v) is 23.7. The van der Waals surface area contributed by atoms with Crippen molar-refractivity contribution in [2.24, 2.45) is 11.8 Å². The van der Waals surface area contributed by atoms with Crippen molar-refractivity contribution in [1.29, 1.82) is 0 Å². The van der Waals surface area contributed by atoms with Crippen molar-refractivity contribution in [3.05, 3.63) is 156 Å². The standard InChI is InChI=1S/2C17H15.C7H8Si.2ClH.Zr/c2*1-12-10-13(2)17(11-12)16-9-5-7-14-6-3-4-8-15(14)16;1-8-7-5-3-2-4-6-7;;;/h2*3-9,11-12H,1-2H3;2-6H,1H3;2*1H;/q;;;;;+2/p-2. The molecule has 0 saturated heterocycles. The van der Waals surface area contributed by atoms with Crippen molar-refractivity contribution >= 4 is 43.3 Å². The van der Waals surface area contributed by atoms with E-state index in [2.05, 4.69) is 162 Å². The van der Waals surface area contributed by atoms with Gasteiger partial charge in [0.1, 0.15) is 0 Å². The molecule has 45 heavy (non-hydrogen) atoms. The number of hydrogen-bond donors (Lipinski definition) is 0. The third-order valence-electron chi connectivity index (χ3n) is 9.64. The first kappa shape index (κ1) is 33.6. The molecule has 2 atom stereocenters. The van der Waals surface area contributed by atoms with Gasteiger partial charge in [-0.05, 0) is 0 Å². The Labute approximate surface area is 288 Å². The number of rotatable bonds is 5. The van der Waals surface area contributed by atoms with Gasteiger partial charge in [0.15, 0.2) is 0 Å². The van der Waals surface area contributed by atoms with Gasteiger partial charge in [-0.25, -0.2) is 0 Å². The zero-order chi connectivity index (χ0) is 29.7. The molecule has 5 aromatic rings. The van der Waals surface area contributed by atoms with E-state index in [1.54, 1.807) is 16.3 Å². The fourth-order valence-corrected chi connectivity index (χ4v) is 29.5. The van der Waals surface area contributed by atoms with Gasteiger partial charge in [-0.1, -0.05) is 0 Å². The minimum absolute atomic E-state index is 0. The van der Waals surface area contributed by atoms with Crippen LogP contribution in [-0.2, 0) is 20.4 Å². The van der Waals surface area contributed by atoms with Crippen LogP contribution in [0.1, 0.15) is 38.8 Å². The second kappa shape index (κ2) is 13.9. The number of hydrogen-bond acceptors (Lipinski definition) is 0. The van der Waals surface area contributed by atoms with Crippen LogP contribution in [0, 0.1) is 11.8 Å². The maximum atomic E-state index is 2.64. The summed E-state index contributed by atoms with van der Waals surface area (Å²) in [6.07, 6.45) is 5.20. The molecule has 0 radical (unpaired) electrons. The van der Waals surface area contributed by atoms with Gasteiger partial charge >= 0.3 is 266 Å². The summed E-state index contributed by atoms with van der Waals surface area (Å²) in [6.45, 7) is 12.5. The monoisotopic (exact) mass is 718 g/mol. The Morgan fingerprint density at radius 1 is 0.511 bits per heavy atom. The van der Waals surface area contributed by atoms with E-state index in [1.807, 2.05) is 6.56 Å². The maximum Gasteiger partial charge on any atom is -1.00 e.